The Kier molecular flexibility index (Phi) is 1.65. The Morgan fingerprint density at radius 3 is 2.64 bits per heavy atom. The van der Waals surface area contributed by atoms with Gasteiger partial charge in [-0.05, 0) is 30.9 Å². The maximum absolute atomic E-state index is 6.30. The molecule has 1 fully saturated rings. The van der Waals surface area contributed by atoms with E-state index >= 15 is 0 Å². The maximum Gasteiger partial charge on any atom is 0.0701 e. The van der Waals surface area contributed by atoms with Gasteiger partial charge in [0.15, 0.2) is 0 Å². The van der Waals surface area contributed by atoms with Gasteiger partial charge in [0, 0.05) is 0 Å². The van der Waals surface area contributed by atoms with Crippen molar-refractivity contribution in [1.82, 2.24) is 0 Å². The summed E-state index contributed by atoms with van der Waals surface area (Å²) in [5.74, 6) is 0. The summed E-state index contributed by atoms with van der Waals surface area (Å²) in [6.07, 6.45) is 3.47. The summed E-state index contributed by atoms with van der Waals surface area (Å²) in [4.78, 5) is -0.0682. The zero-order valence-corrected chi connectivity index (χ0v) is 7.06. The van der Waals surface area contributed by atoms with Crippen molar-refractivity contribution in [3.05, 3.63) is 35.9 Å². The predicted molar refractivity (Wildman–Crippen MR) is 46.7 cm³/mol. The minimum absolute atomic E-state index is 0.0682. The first-order chi connectivity index (χ1) is 5.31. The second kappa shape index (κ2) is 2.53. The van der Waals surface area contributed by atoms with E-state index in [-0.39, 0.29) is 4.87 Å². The van der Waals surface area contributed by atoms with Crippen LogP contribution in [0.4, 0.5) is 0 Å². The van der Waals surface area contributed by atoms with Crippen LogP contribution in [0.15, 0.2) is 24.3 Å². The number of alkyl halides is 1. The van der Waals surface area contributed by atoms with Crippen molar-refractivity contribution in [2.75, 3.05) is 0 Å². The van der Waals surface area contributed by atoms with Crippen molar-refractivity contribution in [3.63, 3.8) is 0 Å². The van der Waals surface area contributed by atoms with Crippen LogP contribution in [0.5, 0.6) is 0 Å². The average Bonchev–Trinajstić information content (AvgIpc) is 2.02. The monoisotopic (exact) mass is 165 g/mol. The van der Waals surface area contributed by atoms with E-state index < -0.39 is 0 Å². The summed E-state index contributed by atoms with van der Waals surface area (Å²) < 4.78 is 0. The molecule has 0 aliphatic heterocycles. The molecule has 0 amide bonds. The molecule has 0 bridgehead atoms. The fourth-order valence-electron chi connectivity index (χ4n) is 1.43. The highest BCUT2D eigenvalue weighted by atomic mass is 35.5. The summed E-state index contributed by atoms with van der Waals surface area (Å²) in [6.45, 7) is 0. The molecule has 0 saturated heterocycles. The quantitative estimate of drug-likeness (QED) is 0.561. The van der Waals surface area contributed by atoms with Crippen LogP contribution in [0.3, 0.4) is 0 Å². The van der Waals surface area contributed by atoms with Gasteiger partial charge in [-0.3, -0.25) is 0 Å². The number of benzene rings is 1. The highest BCUT2D eigenvalue weighted by molar-refractivity contribution is 6.24. The molecule has 1 aliphatic rings. The third kappa shape index (κ3) is 1.16. The third-order valence-electron chi connectivity index (χ3n) is 2.34. The average molecular weight is 166 g/mol. The Bertz CT molecular complexity index is 236. The Morgan fingerprint density at radius 2 is 2.18 bits per heavy atom. The zero-order valence-electron chi connectivity index (χ0n) is 6.31. The summed E-state index contributed by atoms with van der Waals surface area (Å²) in [7, 11) is 0. The molecular weight excluding hydrogens is 156 g/mol. The van der Waals surface area contributed by atoms with Crippen molar-refractivity contribution in [3.8, 4) is 0 Å². The molecule has 0 heterocycles. The van der Waals surface area contributed by atoms with E-state index in [0.717, 1.165) is 18.4 Å². The van der Waals surface area contributed by atoms with Gasteiger partial charge in [-0.1, -0.05) is 24.3 Å². The van der Waals surface area contributed by atoms with Gasteiger partial charge < -0.3 is 0 Å². The molecule has 0 aromatic heterocycles. The second-order valence-electron chi connectivity index (χ2n) is 3.10. The molecule has 1 saturated carbocycles. The Morgan fingerprint density at radius 1 is 1.36 bits per heavy atom. The molecule has 1 heteroatoms. The third-order valence-corrected chi connectivity index (χ3v) is 2.92. The first-order valence-corrected chi connectivity index (χ1v) is 4.35. The fraction of sp³-hybridized carbons (Fsp3) is 0.400. The Balaban J connectivity index is 2.29. The molecule has 1 aromatic rings. The van der Waals surface area contributed by atoms with Gasteiger partial charge in [-0.2, -0.15) is 0 Å². The normalized spacial score (nSPS) is 20.8. The molecule has 11 heavy (non-hydrogen) atoms. The van der Waals surface area contributed by atoms with Gasteiger partial charge in [0.25, 0.3) is 0 Å². The highest BCUT2D eigenvalue weighted by Gasteiger charge is 2.36. The largest absolute Gasteiger partial charge is 0.114 e. The summed E-state index contributed by atoms with van der Waals surface area (Å²) in [5.41, 5.74) is 1.16. The van der Waals surface area contributed by atoms with Gasteiger partial charge in [-0.15, -0.1) is 11.6 Å². The lowest BCUT2D eigenvalue weighted by Crippen LogP contribution is -2.27. The van der Waals surface area contributed by atoms with Gasteiger partial charge in [-0.25, -0.2) is 0 Å². The molecule has 1 aromatic carbocycles. The van der Waals surface area contributed by atoms with Crippen LogP contribution in [0.25, 0.3) is 0 Å². The molecular formula is C10H10Cl. The summed E-state index contributed by atoms with van der Waals surface area (Å²) in [5, 5.41) is 0. The van der Waals surface area contributed by atoms with E-state index in [2.05, 4.69) is 12.1 Å². The van der Waals surface area contributed by atoms with E-state index in [4.69, 9.17) is 11.6 Å². The van der Waals surface area contributed by atoms with E-state index in [1.807, 2.05) is 18.2 Å². The summed E-state index contributed by atoms with van der Waals surface area (Å²) >= 11 is 6.30. The number of halogens is 1. The van der Waals surface area contributed by atoms with Crippen LogP contribution in [-0.4, -0.2) is 0 Å². The molecule has 0 unspecified atom stereocenters. The lowest BCUT2D eigenvalue weighted by molar-refractivity contribution is 0.362. The molecule has 0 N–H and O–H groups in total. The number of hydrogen-bond donors (Lipinski definition) is 0. The van der Waals surface area contributed by atoms with Crippen molar-refractivity contribution < 1.29 is 0 Å². The minimum Gasteiger partial charge on any atom is -0.114 e. The first kappa shape index (κ1) is 7.17. The summed E-state index contributed by atoms with van der Waals surface area (Å²) in [6, 6.07) is 11.2. The van der Waals surface area contributed by atoms with Crippen LogP contribution < -0.4 is 0 Å². The van der Waals surface area contributed by atoms with Crippen LogP contribution >= 0.6 is 11.6 Å². The lowest BCUT2D eigenvalue weighted by Gasteiger charge is -2.35. The van der Waals surface area contributed by atoms with Crippen LogP contribution in [0.1, 0.15) is 24.8 Å². The Labute approximate surface area is 72.2 Å². The second-order valence-corrected chi connectivity index (χ2v) is 3.82. The molecule has 0 spiro atoms. The van der Waals surface area contributed by atoms with E-state index in [1.165, 1.54) is 6.42 Å². The van der Waals surface area contributed by atoms with Crippen molar-refractivity contribution >= 4 is 11.6 Å². The molecule has 0 nitrogen and oxygen atoms in total. The molecule has 57 valence electrons. The molecule has 0 atom stereocenters. The van der Waals surface area contributed by atoms with Crippen molar-refractivity contribution in [2.24, 2.45) is 0 Å². The van der Waals surface area contributed by atoms with E-state index in [9.17, 15) is 0 Å². The highest BCUT2D eigenvalue weighted by Crippen LogP contribution is 2.46. The van der Waals surface area contributed by atoms with Gasteiger partial charge in [0.2, 0.25) is 0 Å². The van der Waals surface area contributed by atoms with Gasteiger partial charge in [0.1, 0.15) is 0 Å². The standard InChI is InChI=1S/C10H10Cl/c11-10(7-4-8-10)9-5-2-1-3-6-9/h1-3,5H,4,7-8H2. The molecule has 1 radical (unpaired) electrons. The lowest BCUT2D eigenvalue weighted by atomic mass is 9.79. The number of hydrogen-bond acceptors (Lipinski definition) is 0. The molecule has 2 rings (SSSR count). The number of rotatable bonds is 1. The van der Waals surface area contributed by atoms with E-state index in [1.54, 1.807) is 0 Å². The smallest absolute Gasteiger partial charge is 0.0701 e. The Hall–Kier alpha value is -0.490. The van der Waals surface area contributed by atoms with Crippen LogP contribution in [0, 0.1) is 6.07 Å². The maximum atomic E-state index is 6.30. The van der Waals surface area contributed by atoms with Crippen LogP contribution in [0.2, 0.25) is 0 Å². The SMILES string of the molecule is ClC1(c2[c]cccc2)CCC1. The van der Waals surface area contributed by atoms with Gasteiger partial charge >= 0.3 is 0 Å². The minimum atomic E-state index is -0.0682. The zero-order chi connectivity index (χ0) is 7.73. The topological polar surface area (TPSA) is 0 Å². The van der Waals surface area contributed by atoms with E-state index in [0.29, 0.717) is 0 Å². The predicted octanol–water partition coefficient (Wildman–Crippen LogP) is 3.10. The van der Waals surface area contributed by atoms with Crippen molar-refractivity contribution in [2.45, 2.75) is 24.1 Å². The first-order valence-electron chi connectivity index (χ1n) is 3.97. The van der Waals surface area contributed by atoms with Gasteiger partial charge in [0.05, 0.1) is 4.87 Å². The molecule has 1 aliphatic carbocycles. The van der Waals surface area contributed by atoms with Crippen molar-refractivity contribution in [1.29, 1.82) is 0 Å². The van der Waals surface area contributed by atoms with Crippen LogP contribution in [-0.2, 0) is 4.87 Å². The fourth-order valence-corrected chi connectivity index (χ4v) is 1.81.